The molecular formula is C13H16O4. The fourth-order valence-corrected chi connectivity index (χ4v) is 2.20. The minimum atomic E-state index is -0.732. The molecule has 92 valence electrons. The molecule has 2 atom stereocenters. The standard InChI is InChI=1S/C13H16O4/c1-16-9-3-4-10(12(7-9)17-2)11-5-8(11)6-13(14)15/h3-4,7-8,11H,5-6H2,1-2H3,(H,14,15). The molecular weight excluding hydrogens is 220 g/mol. The van der Waals surface area contributed by atoms with Gasteiger partial charge in [0.1, 0.15) is 11.5 Å². The summed E-state index contributed by atoms with van der Waals surface area (Å²) in [4.78, 5) is 10.6. The van der Waals surface area contributed by atoms with Gasteiger partial charge in [-0.2, -0.15) is 0 Å². The van der Waals surface area contributed by atoms with Crippen molar-refractivity contribution in [1.82, 2.24) is 0 Å². The van der Waals surface area contributed by atoms with Crippen LogP contribution in [0.1, 0.15) is 24.3 Å². The van der Waals surface area contributed by atoms with Gasteiger partial charge in [-0.25, -0.2) is 0 Å². The third-order valence-electron chi connectivity index (χ3n) is 3.20. The number of hydrogen-bond donors (Lipinski definition) is 1. The summed E-state index contributed by atoms with van der Waals surface area (Å²) in [7, 11) is 3.23. The first-order valence-electron chi connectivity index (χ1n) is 5.59. The van der Waals surface area contributed by atoms with Crippen LogP contribution >= 0.6 is 0 Å². The number of benzene rings is 1. The van der Waals surface area contributed by atoms with Crippen molar-refractivity contribution in [3.05, 3.63) is 23.8 Å². The van der Waals surface area contributed by atoms with Gasteiger partial charge in [0.25, 0.3) is 0 Å². The van der Waals surface area contributed by atoms with Gasteiger partial charge in [-0.15, -0.1) is 0 Å². The molecule has 17 heavy (non-hydrogen) atoms. The highest BCUT2D eigenvalue weighted by Crippen LogP contribution is 2.52. The topological polar surface area (TPSA) is 55.8 Å². The van der Waals surface area contributed by atoms with Gasteiger partial charge in [0.05, 0.1) is 14.2 Å². The van der Waals surface area contributed by atoms with Crippen molar-refractivity contribution < 1.29 is 19.4 Å². The van der Waals surface area contributed by atoms with E-state index in [0.717, 1.165) is 23.5 Å². The largest absolute Gasteiger partial charge is 0.497 e. The lowest BCUT2D eigenvalue weighted by Gasteiger charge is -2.09. The zero-order chi connectivity index (χ0) is 12.4. The van der Waals surface area contributed by atoms with Gasteiger partial charge in [0, 0.05) is 12.5 Å². The second-order valence-electron chi connectivity index (χ2n) is 4.31. The third kappa shape index (κ3) is 2.52. The lowest BCUT2D eigenvalue weighted by molar-refractivity contribution is -0.137. The Morgan fingerprint density at radius 1 is 1.41 bits per heavy atom. The Kier molecular flexibility index (Phi) is 3.22. The minimum Gasteiger partial charge on any atom is -0.497 e. The molecule has 0 amide bonds. The van der Waals surface area contributed by atoms with Gasteiger partial charge in [-0.1, -0.05) is 6.07 Å². The predicted molar refractivity (Wildman–Crippen MR) is 62.6 cm³/mol. The second kappa shape index (κ2) is 4.65. The Labute approximate surface area is 100 Å². The van der Waals surface area contributed by atoms with E-state index in [4.69, 9.17) is 14.6 Å². The van der Waals surface area contributed by atoms with Crippen molar-refractivity contribution in [3.63, 3.8) is 0 Å². The molecule has 0 bridgehead atoms. The van der Waals surface area contributed by atoms with Crippen LogP contribution in [0.5, 0.6) is 11.5 Å². The minimum absolute atomic E-state index is 0.236. The van der Waals surface area contributed by atoms with Gasteiger partial charge in [0.15, 0.2) is 0 Å². The second-order valence-corrected chi connectivity index (χ2v) is 4.31. The number of carboxylic acid groups (broad SMARTS) is 1. The summed E-state index contributed by atoms with van der Waals surface area (Å²) in [5, 5.41) is 8.75. The van der Waals surface area contributed by atoms with Gasteiger partial charge in [-0.05, 0) is 29.9 Å². The van der Waals surface area contributed by atoms with Crippen LogP contribution in [0.4, 0.5) is 0 Å². The Balaban J connectivity index is 2.14. The lowest BCUT2D eigenvalue weighted by atomic mass is 10.1. The molecule has 0 saturated heterocycles. The van der Waals surface area contributed by atoms with Crippen LogP contribution in [-0.4, -0.2) is 25.3 Å². The lowest BCUT2D eigenvalue weighted by Crippen LogP contribution is -1.98. The van der Waals surface area contributed by atoms with E-state index in [1.165, 1.54) is 0 Å². The molecule has 1 aromatic rings. The summed E-state index contributed by atoms with van der Waals surface area (Å²) in [6.45, 7) is 0. The third-order valence-corrected chi connectivity index (χ3v) is 3.20. The SMILES string of the molecule is COc1ccc(C2CC2CC(=O)O)c(OC)c1. The Morgan fingerprint density at radius 3 is 2.76 bits per heavy atom. The number of carboxylic acids is 1. The van der Waals surface area contributed by atoms with E-state index in [1.807, 2.05) is 18.2 Å². The monoisotopic (exact) mass is 236 g/mol. The highest BCUT2D eigenvalue weighted by atomic mass is 16.5. The van der Waals surface area contributed by atoms with E-state index in [1.54, 1.807) is 14.2 Å². The average molecular weight is 236 g/mol. The van der Waals surface area contributed by atoms with Crippen molar-refractivity contribution in [2.75, 3.05) is 14.2 Å². The molecule has 4 heteroatoms. The van der Waals surface area contributed by atoms with Crippen molar-refractivity contribution >= 4 is 5.97 Å². The maximum Gasteiger partial charge on any atom is 0.303 e. The van der Waals surface area contributed by atoms with Crippen molar-refractivity contribution in [2.24, 2.45) is 5.92 Å². The molecule has 1 aromatic carbocycles. The van der Waals surface area contributed by atoms with Gasteiger partial charge >= 0.3 is 5.97 Å². The maximum absolute atomic E-state index is 10.6. The molecule has 0 heterocycles. The molecule has 1 aliphatic rings. The summed E-state index contributed by atoms with van der Waals surface area (Å²) >= 11 is 0. The summed E-state index contributed by atoms with van der Waals surface area (Å²) in [6.07, 6.45) is 1.16. The molecule has 1 aliphatic carbocycles. The predicted octanol–water partition coefficient (Wildman–Crippen LogP) is 2.28. The first-order chi connectivity index (χ1) is 8.15. The van der Waals surface area contributed by atoms with E-state index >= 15 is 0 Å². The smallest absolute Gasteiger partial charge is 0.303 e. The zero-order valence-corrected chi connectivity index (χ0v) is 9.97. The molecule has 0 aromatic heterocycles. The number of carbonyl (C=O) groups is 1. The van der Waals surface area contributed by atoms with Crippen molar-refractivity contribution in [1.29, 1.82) is 0 Å². The van der Waals surface area contributed by atoms with E-state index < -0.39 is 5.97 Å². The fourth-order valence-electron chi connectivity index (χ4n) is 2.20. The number of hydrogen-bond acceptors (Lipinski definition) is 3. The maximum atomic E-state index is 10.6. The normalized spacial score (nSPS) is 22.0. The summed E-state index contributed by atoms with van der Waals surface area (Å²) < 4.78 is 10.4. The molecule has 2 rings (SSSR count). The van der Waals surface area contributed by atoms with Crippen molar-refractivity contribution in [2.45, 2.75) is 18.8 Å². The molecule has 1 N–H and O–H groups in total. The Morgan fingerprint density at radius 2 is 2.18 bits per heavy atom. The number of methoxy groups -OCH3 is 2. The molecule has 0 spiro atoms. The van der Waals surface area contributed by atoms with E-state index in [0.29, 0.717) is 5.92 Å². The van der Waals surface area contributed by atoms with Crippen molar-refractivity contribution in [3.8, 4) is 11.5 Å². The highest BCUT2D eigenvalue weighted by Gasteiger charge is 2.41. The van der Waals surface area contributed by atoms with Crippen LogP contribution in [0.15, 0.2) is 18.2 Å². The zero-order valence-electron chi connectivity index (χ0n) is 9.97. The molecule has 2 unspecified atom stereocenters. The Hall–Kier alpha value is -1.71. The van der Waals surface area contributed by atoms with Crippen LogP contribution < -0.4 is 9.47 Å². The van der Waals surface area contributed by atoms with Crippen LogP contribution in [0.2, 0.25) is 0 Å². The summed E-state index contributed by atoms with van der Waals surface area (Å²) in [6, 6.07) is 5.68. The quantitative estimate of drug-likeness (QED) is 0.852. The molecule has 1 saturated carbocycles. The molecule has 1 fully saturated rings. The van der Waals surface area contributed by atoms with Crippen LogP contribution in [-0.2, 0) is 4.79 Å². The number of aliphatic carboxylic acids is 1. The molecule has 0 aliphatic heterocycles. The van der Waals surface area contributed by atoms with Gasteiger partial charge in [-0.3, -0.25) is 4.79 Å². The number of ether oxygens (including phenoxy) is 2. The van der Waals surface area contributed by atoms with E-state index in [2.05, 4.69) is 0 Å². The van der Waals surface area contributed by atoms with Gasteiger partial charge < -0.3 is 14.6 Å². The molecule has 4 nitrogen and oxygen atoms in total. The summed E-state index contributed by atoms with van der Waals surface area (Å²) in [5.41, 5.74) is 1.08. The highest BCUT2D eigenvalue weighted by molar-refractivity contribution is 5.68. The summed E-state index contributed by atoms with van der Waals surface area (Å²) in [5.74, 6) is 1.36. The van der Waals surface area contributed by atoms with Crippen LogP contribution in [0.25, 0.3) is 0 Å². The average Bonchev–Trinajstić information content (AvgIpc) is 3.06. The first kappa shape index (κ1) is 11.8. The Bertz CT molecular complexity index is 427. The molecule has 0 radical (unpaired) electrons. The van der Waals surface area contributed by atoms with Gasteiger partial charge in [0.2, 0.25) is 0 Å². The van der Waals surface area contributed by atoms with E-state index in [-0.39, 0.29) is 12.3 Å². The fraction of sp³-hybridized carbons (Fsp3) is 0.462. The van der Waals surface area contributed by atoms with Crippen LogP contribution in [0.3, 0.4) is 0 Å². The van der Waals surface area contributed by atoms with E-state index in [9.17, 15) is 4.79 Å². The first-order valence-corrected chi connectivity index (χ1v) is 5.59. The van der Waals surface area contributed by atoms with Crippen LogP contribution in [0, 0.1) is 5.92 Å². The number of rotatable bonds is 5.